The van der Waals surface area contributed by atoms with Crippen molar-refractivity contribution in [1.82, 2.24) is 10.3 Å². The Labute approximate surface area is 169 Å². The van der Waals surface area contributed by atoms with E-state index < -0.39 is 0 Å². The lowest BCUT2D eigenvalue weighted by Crippen LogP contribution is -2.32. The van der Waals surface area contributed by atoms with Crippen LogP contribution in [0.5, 0.6) is 0 Å². The average Bonchev–Trinajstić information content (AvgIpc) is 3.29. The molecule has 28 heavy (non-hydrogen) atoms. The number of benzene rings is 1. The van der Waals surface area contributed by atoms with E-state index in [1.165, 1.54) is 29.6 Å². The van der Waals surface area contributed by atoms with Crippen molar-refractivity contribution in [3.05, 3.63) is 51.5 Å². The van der Waals surface area contributed by atoms with Gasteiger partial charge in [0.2, 0.25) is 11.8 Å². The number of thiazole rings is 1. The van der Waals surface area contributed by atoms with E-state index in [1.807, 2.05) is 30.5 Å². The normalized spacial score (nSPS) is 10.4. The van der Waals surface area contributed by atoms with Gasteiger partial charge in [-0.25, -0.2) is 4.98 Å². The predicted molar refractivity (Wildman–Crippen MR) is 112 cm³/mol. The van der Waals surface area contributed by atoms with E-state index in [9.17, 15) is 14.4 Å². The molecular formula is C19H18N4O3S2. The van der Waals surface area contributed by atoms with Gasteiger partial charge in [-0.3, -0.25) is 14.4 Å². The van der Waals surface area contributed by atoms with E-state index in [0.717, 1.165) is 10.4 Å². The van der Waals surface area contributed by atoms with Gasteiger partial charge >= 0.3 is 0 Å². The van der Waals surface area contributed by atoms with Gasteiger partial charge in [0.25, 0.3) is 5.91 Å². The van der Waals surface area contributed by atoms with Crippen LogP contribution in [0.25, 0.3) is 11.3 Å². The van der Waals surface area contributed by atoms with Crippen molar-refractivity contribution in [2.24, 2.45) is 0 Å². The van der Waals surface area contributed by atoms with Crippen LogP contribution < -0.4 is 16.0 Å². The molecule has 7 nitrogen and oxygen atoms in total. The third-order valence-electron chi connectivity index (χ3n) is 3.63. The number of amides is 3. The number of nitrogens with one attached hydrogen (secondary N) is 3. The lowest BCUT2D eigenvalue weighted by Gasteiger charge is -2.04. The Morgan fingerprint density at radius 1 is 1.04 bits per heavy atom. The van der Waals surface area contributed by atoms with E-state index >= 15 is 0 Å². The van der Waals surface area contributed by atoms with Crippen LogP contribution in [0.4, 0.5) is 10.8 Å². The fourth-order valence-electron chi connectivity index (χ4n) is 2.36. The molecule has 3 aromatic rings. The summed E-state index contributed by atoms with van der Waals surface area (Å²) < 4.78 is 0. The van der Waals surface area contributed by atoms with Crippen molar-refractivity contribution in [1.29, 1.82) is 0 Å². The van der Waals surface area contributed by atoms with Crippen molar-refractivity contribution in [3.63, 3.8) is 0 Å². The molecule has 3 amide bonds. The van der Waals surface area contributed by atoms with Gasteiger partial charge in [-0.05, 0) is 31.2 Å². The third-order valence-corrected chi connectivity index (χ3v) is 5.38. The summed E-state index contributed by atoms with van der Waals surface area (Å²) in [6.45, 7) is 3.24. The van der Waals surface area contributed by atoms with Gasteiger partial charge in [-0.15, -0.1) is 22.7 Å². The second-order valence-corrected chi connectivity index (χ2v) is 8.08. The Hall–Kier alpha value is -3.04. The Morgan fingerprint density at radius 2 is 1.79 bits per heavy atom. The monoisotopic (exact) mass is 414 g/mol. The Kier molecular flexibility index (Phi) is 6.17. The van der Waals surface area contributed by atoms with Crippen LogP contribution >= 0.6 is 22.7 Å². The van der Waals surface area contributed by atoms with Crippen molar-refractivity contribution >= 4 is 51.2 Å². The molecule has 0 aliphatic rings. The number of aromatic nitrogens is 1. The molecule has 144 valence electrons. The Balaban J connectivity index is 1.54. The number of aryl methyl sites for hydroxylation is 1. The van der Waals surface area contributed by atoms with Crippen LogP contribution in [0.3, 0.4) is 0 Å². The maximum Gasteiger partial charge on any atom is 0.261 e. The molecule has 1 aromatic carbocycles. The van der Waals surface area contributed by atoms with Gasteiger partial charge in [-0.2, -0.15) is 0 Å². The van der Waals surface area contributed by atoms with Gasteiger partial charge < -0.3 is 16.0 Å². The lowest BCUT2D eigenvalue weighted by molar-refractivity contribution is -0.115. The van der Waals surface area contributed by atoms with Crippen LogP contribution in [0.1, 0.15) is 21.5 Å². The number of thiophene rings is 1. The minimum absolute atomic E-state index is 0.129. The molecule has 0 spiro atoms. The number of carbonyl (C=O) groups is 3. The topological polar surface area (TPSA) is 100 Å². The maximum absolute atomic E-state index is 12.1. The van der Waals surface area contributed by atoms with Crippen LogP contribution in [0, 0.1) is 6.92 Å². The zero-order valence-electron chi connectivity index (χ0n) is 15.2. The number of nitrogens with zero attached hydrogens (tertiary/aromatic N) is 1. The molecule has 3 N–H and O–H groups in total. The molecule has 3 rings (SSSR count). The van der Waals surface area contributed by atoms with E-state index in [1.54, 1.807) is 18.2 Å². The first kappa shape index (κ1) is 19.7. The molecule has 0 unspecified atom stereocenters. The zero-order valence-corrected chi connectivity index (χ0v) is 16.9. The molecule has 0 fully saturated rings. The van der Waals surface area contributed by atoms with Crippen molar-refractivity contribution in [2.45, 2.75) is 13.8 Å². The summed E-state index contributed by atoms with van der Waals surface area (Å²) >= 11 is 2.68. The highest BCUT2D eigenvalue weighted by molar-refractivity contribution is 7.14. The van der Waals surface area contributed by atoms with E-state index in [4.69, 9.17) is 0 Å². The highest BCUT2D eigenvalue weighted by Gasteiger charge is 2.12. The number of anilines is 2. The summed E-state index contributed by atoms with van der Waals surface area (Å²) in [7, 11) is 0. The summed E-state index contributed by atoms with van der Waals surface area (Å²) in [5.74, 6) is -0.747. The summed E-state index contributed by atoms with van der Waals surface area (Å²) in [6, 6.07) is 10.9. The molecule has 0 atom stereocenters. The molecule has 2 heterocycles. The number of hydrogen-bond donors (Lipinski definition) is 3. The van der Waals surface area contributed by atoms with Crippen LogP contribution in [0.2, 0.25) is 0 Å². The predicted octanol–water partition coefficient (Wildman–Crippen LogP) is 3.51. The minimum Gasteiger partial charge on any atom is -0.342 e. The molecular weight excluding hydrogens is 396 g/mol. The van der Waals surface area contributed by atoms with Crippen molar-refractivity contribution in [3.8, 4) is 11.3 Å². The summed E-state index contributed by atoms with van der Waals surface area (Å²) in [5.41, 5.74) is 2.29. The number of rotatable bonds is 6. The molecule has 2 aromatic heterocycles. The molecule has 0 bridgehead atoms. The number of carbonyl (C=O) groups excluding carboxylic acids is 3. The standard InChI is InChI=1S/C19H18N4O3S2/c1-11-3-8-16(28-11)18(26)20-9-17(25)23-19-22-15(10-27-19)13-4-6-14(7-5-13)21-12(2)24/h3-8,10H,9H2,1-2H3,(H,20,26)(H,21,24)(H,22,23,25). The van der Waals surface area contributed by atoms with Crippen molar-refractivity contribution < 1.29 is 14.4 Å². The average molecular weight is 415 g/mol. The summed E-state index contributed by atoms with van der Waals surface area (Å²) in [6.07, 6.45) is 0. The molecule has 0 aliphatic carbocycles. The second kappa shape index (κ2) is 8.77. The molecule has 0 radical (unpaired) electrons. The fraction of sp³-hybridized carbons (Fsp3) is 0.158. The molecule has 0 saturated heterocycles. The summed E-state index contributed by atoms with van der Waals surface area (Å²) in [5, 5.41) is 10.3. The Bertz CT molecular complexity index is 1010. The first-order valence-corrected chi connectivity index (χ1v) is 10.1. The zero-order chi connectivity index (χ0) is 20.1. The molecule has 9 heteroatoms. The fourth-order valence-corrected chi connectivity index (χ4v) is 3.88. The second-order valence-electron chi connectivity index (χ2n) is 5.94. The highest BCUT2D eigenvalue weighted by atomic mass is 32.1. The SMILES string of the molecule is CC(=O)Nc1ccc(-c2csc(NC(=O)CNC(=O)c3ccc(C)s3)n2)cc1. The number of hydrogen-bond acceptors (Lipinski definition) is 6. The highest BCUT2D eigenvalue weighted by Crippen LogP contribution is 2.26. The first-order valence-electron chi connectivity index (χ1n) is 8.39. The largest absolute Gasteiger partial charge is 0.342 e. The maximum atomic E-state index is 12.1. The van der Waals surface area contributed by atoms with Gasteiger partial charge in [0.05, 0.1) is 17.1 Å². The van der Waals surface area contributed by atoms with Gasteiger partial charge in [0.15, 0.2) is 5.13 Å². The van der Waals surface area contributed by atoms with Crippen LogP contribution in [-0.4, -0.2) is 29.3 Å². The summed E-state index contributed by atoms with van der Waals surface area (Å²) in [4.78, 5) is 41.1. The Morgan fingerprint density at radius 3 is 2.43 bits per heavy atom. The molecule has 0 saturated carbocycles. The van der Waals surface area contributed by atoms with Crippen molar-refractivity contribution in [2.75, 3.05) is 17.2 Å². The minimum atomic E-state index is -0.344. The van der Waals surface area contributed by atoms with E-state index in [2.05, 4.69) is 20.9 Å². The third kappa shape index (κ3) is 5.24. The molecule has 0 aliphatic heterocycles. The van der Waals surface area contributed by atoms with Gasteiger partial charge in [0.1, 0.15) is 0 Å². The van der Waals surface area contributed by atoms with Gasteiger partial charge in [0, 0.05) is 28.4 Å². The van der Waals surface area contributed by atoms with Crippen LogP contribution in [-0.2, 0) is 9.59 Å². The van der Waals surface area contributed by atoms with Gasteiger partial charge in [-0.1, -0.05) is 12.1 Å². The van der Waals surface area contributed by atoms with Crippen LogP contribution in [0.15, 0.2) is 41.8 Å². The quantitative estimate of drug-likeness (QED) is 0.575. The van der Waals surface area contributed by atoms with E-state index in [0.29, 0.717) is 21.4 Å². The first-order chi connectivity index (χ1) is 13.4. The smallest absolute Gasteiger partial charge is 0.261 e. The van der Waals surface area contributed by atoms with E-state index in [-0.39, 0.29) is 24.3 Å². The lowest BCUT2D eigenvalue weighted by atomic mass is 10.1.